The van der Waals surface area contributed by atoms with Gasteiger partial charge in [-0.2, -0.15) is 0 Å². The highest BCUT2D eigenvalue weighted by atomic mass is 35.5. The number of amides is 1. The van der Waals surface area contributed by atoms with Gasteiger partial charge in [0.1, 0.15) is 18.2 Å². The first kappa shape index (κ1) is 26.7. The number of benzene rings is 3. The SMILES string of the molecule is Cc1cc(-n2c(C(C)C)c(C3CCC3C(=O)NN)c3cc(OCc4ccccc4)ccc32)ccc1F.Cl. The van der Waals surface area contributed by atoms with E-state index >= 15 is 0 Å². The molecule has 1 saturated carbocycles. The van der Waals surface area contributed by atoms with Crippen LogP contribution in [0.4, 0.5) is 4.39 Å². The molecule has 3 aromatic carbocycles. The summed E-state index contributed by atoms with van der Waals surface area (Å²) < 4.78 is 22.6. The molecule has 3 N–H and O–H groups in total. The van der Waals surface area contributed by atoms with Crippen molar-refractivity contribution in [2.24, 2.45) is 11.8 Å². The van der Waals surface area contributed by atoms with E-state index in [4.69, 9.17) is 10.6 Å². The Balaban J connectivity index is 0.00000320. The quantitative estimate of drug-likeness (QED) is 0.162. The average molecular weight is 522 g/mol. The van der Waals surface area contributed by atoms with Crippen LogP contribution in [0, 0.1) is 18.7 Å². The van der Waals surface area contributed by atoms with Crippen LogP contribution in [0.2, 0.25) is 0 Å². The molecule has 2 atom stereocenters. The monoisotopic (exact) mass is 521 g/mol. The van der Waals surface area contributed by atoms with Gasteiger partial charge in [0.2, 0.25) is 5.91 Å². The molecule has 1 aliphatic carbocycles. The van der Waals surface area contributed by atoms with Gasteiger partial charge < -0.3 is 9.30 Å². The first-order valence-electron chi connectivity index (χ1n) is 12.5. The molecule has 2 unspecified atom stereocenters. The molecular weight excluding hydrogens is 489 g/mol. The predicted octanol–water partition coefficient (Wildman–Crippen LogP) is 6.69. The lowest BCUT2D eigenvalue weighted by molar-refractivity contribution is -0.128. The Kier molecular flexibility index (Phi) is 7.90. The number of rotatable bonds is 7. The summed E-state index contributed by atoms with van der Waals surface area (Å²) in [4.78, 5) is 12.6. The Bertz CT molecular complexity index is 1420. The number of aryl methyl sites for hydroxylation is 1. The Morgan fingerprint density at radius 1 is 1.11 bits per heavy atom. The summed E-state index contributed by atoms with van der Waals surface area (Å²) in [6.45, 7) is 6.57. The molecule has 4 aromatic rings. The first-order chi connectivity index (χ1) is 17.4. The minimum Gasteiger partial charge on any atom is -0.489 e. The molecule has 0 saturated heterocycles. The topological polar surface area (TPSA) is 69.3 Å². The number of hydrogen-bond donors (Lipinski definition) is 2. The molecule has 37 heavy (non-hydrogen) atoms. The van der Waals surface area contributed by atoms with Crippen molar-refractivity contribution in [3.8, 4) is 11.4 Å². The van der Waals surface area contributed by atoms with Crippen molar-refractivity contribution in [3.05, 3.63) is 94.9 Å². The van der Waals surface area contributed by atoms with Gasteiger partial charge >= 0.3 is 0 Å². The van der Waals surface area contributed by atoms with Crippen LogP contribution < -0.4 is 16.0 Å². The summed E-state index contributed by atoms with van der Waals surface area (Å²) >= 11 is 0. The van der Waals surface area contributed by atoms with E-state index in [-0.39, 0.29) is 41.9 Å². The second-order valence-corrected chi connectivity index (χ2v) is 9.97. The maximum atomic E-state index is 14.2. The molecule has 1 fully saturated rings. The second kappa shape index (κ2) is 11.0. The second-order valence-electron chi connectivity index (χ2n) is 9.97. The average Bonchev–Trinajstić information content (AvgIpc) is 3.18. The Morgan fingerprint density at radius 2 is 1.86 bits per heavy atom. The smallest absolute Gasteiger partial charge is 0.237 e. The fraction of sp³-hybridized carbons (Fsp3) is 0.300. The van der Waals surface area contributed by atoms with E-state index in [0.717, 1.165) is 52.0 Å². The molecule has 194 valence electrons. The Hall–Kier alpha value is -3.35. The van der Waals surface area contributed by atoms with Crippen molar-refractivity contribution in [1.29, 1.82) is 0 Å². The number of hydrazine groups is 1. The minimum absolute atomic E-state index is 0. The normalized spacial score (nSPS) is 16.8. The minimum atomic E-state index is -0.225. The number of fused-ring (bicyclic) bond motifs is 1. The van der Waals surface area contributed by atoms with Gasteiger partial charge in [0.15, 0.2) is 0 Å². The zero-order valence-corrected chi connectivity index (χ0v) is 22.1. The summed E-state index contributed by atoms with van der Waals surface area (Å²) in [5, 5.41) is 1.06. The summed E-state index contributed by atoms with van der Waals surface area (Å²) in [5.74, 6) is 6.00. The summed E-state index contributed by atoms with van der Waals surface area (Å²) in [7, 11) is 0. The maximum Gasteiger partial charge on any atom is 0.237 e. The number of nitrogens with one attached hydrogen (secondary N) is 1. The highest BCUT2D eigenvalue weighted by molar-refractivity contribution is 5.91. The van der Waals surface area contributed by atoms with Gasteiger partial charge in [-0.3, -0.25) is 10.2 Å². The van der Waals surface area contributed by atoms with E-state index in [2.05, 4.69) is 36.0 Å². The molecule has 5 nitrogen and oxygen atoms in total. The Labute approximate surface area is 223 Å². The van der Waals surface area contributed by atoms with Crippen molar-refractivity contribution in [3.63, 3.8) is 0 Å². The number of aromatic nitrogens is 1. The van der Waals surface area contributed by atoms with E-state index in [9.17, 15) is 9.18 Å². The number of nitrogens with zero attached hydrogens (tertiary/aromatic N) is 1. The molecule has 0 radical (unpaired) electrons. The molecule has 0 bridgehead atoms. The fourth-order valence-electron chi connectivity index (χ4n) is 5.42. The Morgan fingerprint density at radius 3 is 2.49 bits per heavy atom. The number of halogens is 2. The highest BCUT2D eigenvalue weighted by Gasteiger charge is 2.41. The number of ether oxygens (including phenoxy) is 1. The molecule has 1 aliphatic rings. The maximum absolute atomic E-state index is 14.2. The van der Waals surface area contributed by atoms with Crippen molar-refractivity contribution >= 4 is 29.2 Å². The van der Waals surface area contributed by atoms with Crippen LogP contribution in [0.3, 0.4) is 0 Å². The fourth-order valence-corrected chi connectivity index (χ4v) is 5.42. The van der Waals surface area contributed by atoms with E-state index in [1.54, 1.807) is 6.92 Å². The molecule has 5 rings (SSSR count). The lowest BCUT2D eigenvalue weighted by atomic mass is 9.68. The van der Waals surface area contributed by atoms with Gasteiger partial charge in [0.25, 0.3) is 0 Å². The van der Waals surface area contributed by atoms with Gasteiger partial charge in [-0.15, -0.1) is 12.4 Å². The lowest BCUT2D eigenvalue weighted by Gasteiger charge is -2.36. The van der Waals surface area contributed by atoms with E-state index in [1.807, 2.05) is 48.5 Å². The van der Waals surface area contributed by atoms with Gasteiger partial charge in [-0.1, -0.05) is 44.2 Å². The highest BCUT2D eigenvalue weighted by Crippen LogP contribution is 2.50. The molecule has 7 heteroatoms. The number of nitrogens with two attached hydrogens (primary N) is 1. The van der Waals surface area contributed by atoms with Crippen molar-refractivity contribution < 1.29 is 13.9 Å². The number of carbonyl (C=O) groups excluding carboxylic acids is 1. The van der Waals surface area contributed by atoms with E-state index in [0.29, 0.717) is 12.2 Å². The van der Waals surface area contributed by atoms with Crippen LogP contribution in [0.25, 0.3) is 16.6 Å². The van der Waals surface area contributed by atoms with Crippen molar-refractivity contribution in [2.45, 2.75) is 52.1 Å². The largest absolute Gasteiger partial charge is 0.489 e. The van der Waals surface area contributed by atoms with Gasteiger partial charge in [0, 0.05) is 22.7 Å². The van der Waals surface area contributed by atoms with Crippen LogP contribution in [-0.2, 0) is 11.4 Å². The molecule has 1 heterocycles. The van der Waals surface area contributed by atoms with Crippen LogP contribution >= 0.6 is 12.4 Å². The lowest BCUT2D eigenvalue weighted by Crippen LogP contribution is -2.42. The van der Waals surface area contributed by atoms with Crippen LogP contribution in [0.5, 0.6) is 5.75 Å². The predicted molar refractivity (Wildman–Crippen MR) is 148 cm³/mol. The van der Waals surface area contributed by atoms with Gasteiger partial charge in [0.05, 0.1) is 5.52 Å². The zero-order chi connectivity index (χ0) is 25.4. The molecule has 1 aromatic heterocycles. The van der Waals surface area contributed by atoms with Crippen molar-refractivity contribution in [1.82, 2.24) is 9.99 Å². The zero-order valence-electron chi connectivity index (χ0n) is 21.3. The first-order valence-corrected chi connectivity index (χ1v) is 12.5. The third-order valence-corrected chi connectivity index (χ3v) is 7.34. The van der Waals surface area contributed by atoms with E-state index in [1.165, 1.54) is 6.07 Å². The van der Waals surface area contributed by atoms with Crippen LogP contribution in [-0.4, -0.2) is 10.5 Å². The molecular formula is C30H33ClFN3O2. The summed E-state index contributed by atoms with van der Waals surface area (Å²) in [5.41, 5.74) is 8.27. The van der Waals surface area contributed by atoms with Gasteiger partial charge in [-0.05, 0) is 84.7 Å². The van der Waals surface area contributed by atoms with Crippen molar-refractivity contribution in [2.75, 3.05) is 0 Å². The van der Waals surface area contributed by atoms with E-state index < -0.39 is 0 Å². The van der Waals surface area contributed by atoms with Gasteiger partial charge in [-0.25, -0.2) is 10.2 Å². The molecule has 0 aliphatic heterocycles. The summed E-state index contributed by atoms with van der Waals surface area (Å²) in [6, 6.07) is 21.4. The van der Waals surface area contributed by atoms with Crippen LogP contribution in [0.15, 0.2) is 66.7 Å². The third-order valence-electron chi connectivity index (χ3n) is 7.34. The number of carbonyl (C=O) groups is 1. The molecule has 0 spiro atoms. The van der Waals surface area contributed by atoms with Crippen LogP contribution in [0.1, 0.15) is 60.9 Å². The standard InChI is InChI=1S/C30H32FN3O2.ClH/c1-18(2)29-28(23-11-12-24(23)30(35)33-32)25-16-22(36-17-20-7-5-4-6-8-20)10-14-27(25)34(29)21-9-13-26(31)19(3)15-21;/h4-10,13-16,18,23-24H,11-12,17,32H2,1-3H3,(H,33,35);1H. The third kappa shape index (κ3) is 4.96. The summed E-state index contributed by atoms with van der Waals surface area (Å²) in [6.07, 6.45) is 1.71. The number of hydrogen-bond acceptors (Lipinski definition) is 3. The molecule has 1 amide bonds.